The van der Waals surface area contributed by atoms with Crippen LogP contribution in [0.2, 0.25) is 0 Å². The molecule has 2 aromatic carbocycles. The van der Waals surface area contributed by atoms with Crippen LogP contribution >= 0.6 is 11.8 Å². The van der Waals surface area contributed by atoms with Crippen LogP contribution in [0, 0.1) is 0 Å². The molecule has 1 fully saturated rings. The lowest BCUT2D eigenvalue weighted by Crippen LogP contribution is -2.57. The summed E-state index contributed by atoms with van der Waals surface area (Å²) >= 11 is 1.64. The van der Waals surface area contributed by atoms with Crippen LogP contribution < -0.4 is 0 Å². The normalized spacial score (nSPS) is 18.4. The van der Waals surface area contributed by atoms with Crippen LogP contribution in [-0.4, -0.2) is 56.5 Å². The summed E-state index contributed by atoms with van der Waals surface area (Å²) in [6, 6.07) is 13.7. The Balaban J connectivity index is 1.85. The Hall–Kier alpha value is -2.21. The van der Waals surface area contributed by atoms with Crippen molar-refractivity contribution in [3.05, 3.63) is 48.0 Å². The molecule has 0 spiro atoms. The van der Waals surface area contributed by atoms with E-state index in [4.69, 9.17) is 0 Å². The molecule has 0 aromatic heterocycles. The van der Waals surface area contributed by atoms with Crippen molar-refractivity contribution < 1.29 is 14.7 Å². The molecule has 1 atom stereocenters. The molecule has 2 amide bonds. The number of hydrogen-bond donors (Lipinski definition) is 1. The van der Waals surface area contributed by atoms with E-state index in [2.05, 4.69) is 24.3 Å². The van der Waals surface area contributed by atoms with Gasteiger partial charge in [0.05, 0.1) is 0 Å². The predicted molar refractivity (Wildman–Crippen MR) is 110 cm³/mol. The summed E-state index contributed by atoms with van der Waals surface area (Å²) in [5.74, 6) is 1.20. The monoisotopic (exact) mass is 386 g/mol. The average Bonchev–Trinajstić information content (AvgIpc) is 2.76. The van der Waals surface area contributed by atoms with Crippen molar-refractivity contribution in [1.29, 1.82) is 0 Å². The van der Waals surface area contributed by atoms with E-state index in [9.17, 15) is 14.7 Å². The molecule has 1 aliphatic heterocycles. The van der Waals surface area contributed by atoms with E-state index in [-0.39, 0.29) is 5.91 Å². The zero-order valence-electron chi connectivity index (χ0n) is 16.0. The van der Waals surface area contributed by atoms with E-state index in [1.165, 1.54) is 10.3 Å². The van der Waals surface area contributed by atoms with Crippen LogP contribution in [-0.2, 0) is 11.3 Å². The van der Waals surface area contributed by atoms with Crippen LogP contribution in [0.3, 0.4) is 0 Å². The SMILES string of the molecule is CC(C)(C)N(C(=O)O)C1CSCCN(Cc2ccc3ccccc3c2)C1=O. The highest BCUT2D eigenvalue weighted by atomic mass is 32.2. The van der Waals surface area contributed by atoms with Gasteiger partial charge in [-0.25, -0.2) is 4.79 Å². The third kappa shape index (κ3) is 4.38. The standard InChI is InChI=1S/C21H26N2O3S/c1-21(2,3)23(20(25)26)18-14-27-11-10-22(19(18)24)13-15-8-9-16-6-4-5-7-17(16)12-15/h4-9,12,18H,10-11,13-14H2,1-3H3,(H,25,26). The number of carboxylic acid groups (broad SMARTS) is 1. The first-order valence-corrected chi connectivity index (χ1v) is 10.3. The Morgan fingerprint density at radius 2 is 1.93 bits per heavy atom. The summed E-state index contributed by atoms with van der Waals surface area (Å²) in [4.78, 5) is 28.2. The van der Waals surface area contributed by atoms with E-state index in [1.54, 1.807) is 16.7 Å². The van der Waals surface area contributed by atoms with Gasteiger partial charge in [-0.15, -0.1) is 0 Å². The van der Waals surface area contributed by atoms with Gasteiger partial charge in [-0.05, 0) is 43.2 Å². The Morgan fingerprint density at radius 1 is 1.22 bits per heavy atom. The maximum atomic E-state index is 13.2. The molecule has 1 aliphatic rings. The molecule has 27 heavy (non-hydrogen) atoms. The molecule has 144 valence electrons. The lowest BCUT2D eigenvalue weighted by Gasteiger charge is -2.39. The largest absolute Gasteiger partial charge is 0.465 e. The summed E-state index contributed by atoms with van der Waals surface area (Å²) < 4.78 is 0. The Labute approximate surface area is 164 Å². The first-order valence-electron chi connectivity index (χ1n) is 9.14. The van der Waals surface area contributed by atoms with Gasteiger partial charge in [0, 0.05) is 30.1 Å². The number of fused-ring (bicyclic) bond motifs is 1. The van der Waals surface area contributed by atoms with Crippen LogP contribution in [0.1, 0.15) is 26.3 Å². The molecule has 1 heterocycles. The molecular weight excluding hydrogens is 360 g/mol. The molecule has 1 saturated heterocycles. The maximum absolute atomic E-state index is 13.2. The smallest absolute Gasteiger partial charge is 0.408 e. The summed E-state index contributed by atoms with van der Waals surface area (Å²) in [5, 5.41) is 12.0. The third-order valence-corrected chi connectivity index (χ3v) is 5.83. The number of thioether (sulfide) groups is 1. The highest BCUT2D eigenvalue weighted by Gasteiger charge is 2.40. The Kier molecular flexibility index (Phi) is 5.65. The Morgan fingerprint density at radius 3 is 2.59 bits per heavy atom. The fraction of sp³-hybridized carbons (Fsp3) is 0.429. The van der Waals surface area contributed by atoms with Crippen molar-refractivity contribution >= 4 is 34.5 Å². The molecule has 5 nitrogen and oxygen atoms in total. The quantitative estimate of drug-likeness (QED) is 0.864. The van der Waals surface area contributed by atoms with Gasteiger partial charge >= 0.3 is 6.09 Å². The molecular formula is C21H26N2O3S. The highest BCUT2D eigenvalue weighted by Crippen LogP contribution is 2.25. The third-order valence-electron chi connectivity index (χ3n) is 4.81. The van der Waals surface area contributed by atoms with Crippen LogP contribution in [0.4, 0.5) is 4.79 Å². The number of nitrogens with zero attached hydrogens (tertiary/aromatic N) is 2. The van der Waals surface area contributed by atoms with Crippen molar-refractivity contribution in [3.8, 4) is 0 Å². The van der Waals surface area contributed by atoms with Gasteiger partial charge in [0.25, 0.3) is 0 Å². The number of carbonyl (C=O) groups is 2. The molecule has 3 rings (SSSR count). The van der Waals surface area contributed by atoms with Crippen molar-refractivity contribution in [2.45, 2.75) is 38.9 Å². The molecule has 0 radical (unpaired) electrons. The second kappa shape index (κ2) is 7.80. The fourth-order valence-electron chi connectivity index (χ4n) is 3.55. The molecule has 2 aromatic rings. The van der Waals surface area contributed by atoms with Crippen molar-refractivity contribution in [3.63, 3.8) is 0 Å². The van der Waals surface area contributed by atoms with Crippen LogP contribution in [0.5, 0.6) is 0 Å². The minimum absolute atomic E-state index is 0.106. The van der Waals surface area contributed by atoms with Crippen LogP contribution in [0.15, 0.2) is 42.5 Å². The second-order valence-corrected chi connectivity index (χ2v) is 9.01. The first kappa shape index (κ1) is 19.5. The topological polar surface area (TPSA) is 60.9 Å². The number of hydrogen-bond acceptors (Lipinski definition) is 3. The summed E-state index contributed by atoms with van der Waals surface area (Å²) in [6.45, 7) is 6.62. The lowest BCUT2D eigenvalue weighted by molar-refractivity contribution is -0.137. The minimum Gasteiger partial charge on any atom is -0.465 e. The average molecular weight is 387 g/mol. The van der Waals surface area contributed by atoms with Gasteiger partial charge in [0.2, 0.25) is 5.91 Å². The number of carbonyl (C=O) groups excluding carboxylic acids is 1. The first-order chi connectivity index (χ1) is 12.8. The molecule has 1 N–H and O–H groups in total. The summed E-state index contributed by atoms with van der Waals surface area (Å²) in [5.41, 5.74) is 0.427. The molecule has 1 unspecified atom stereocenters. The number of benzene rings is 2. The molecule has 0 aliphatic carbocycles. The Bertz CT molecular complexity index is 847. The number of amides is 2. The van der Waals surface area contributed by atoms with Crippen molar-refractivity contribution in [2.75, 3.05) is 18.1 Å². The zero-order valence-corrected chi connectivity index (χ0v) is 16.8. The van der Waals surface area contributed by atoms with Gasteiger partial charge < -0.3 is 10.0 Å². The van der Waals surface area contributed by atoms with Gasteiger partial charge in [-0.3, -0.25) is 9.69 Å². The molecule has 0 saturated carbocycles. The zero-order chi connectivity index (χ0) is 19.6. The second-order valence-electron chi connectivity index (χ2n) is 7.86. The van der Waals surface area contributed by atoms with E-state index >= 15 is 0 Å². The number of rotatable bonds is 3. The van der Waals surface area contributed by atoms with Crippen LogP contribution in [0.25, 0.3) is 10.8 Å². The summed E-state index contributed by atoms with van der Waals surface area (Å²) in [7, 11) is 0. The molecule has 6 heteroatoms. The van der Waals surface area contributed by atoms with E-state index in [1.807, 2.05) is 39.0 Å². The van der Waals surface area contributed by atoms with Gasteiger partial charge in [0.15, 0.2) is 0 Å². The van der Waals surface area contributed by atoms with E-state index in [0.29, 0.717) is 18.8 Å². The van der Waals surface area contributed by atoms with E-state index < -0.39 is 17.7 Å². The predicted octanol–water partition coefficient (Wildman–Crippen LogP) is 4.06. The fourth-order valence-corrected chi connectivity index (χ4v) is 4.58. The van der Waals surface area contributed by atoms with E-state index in [0.717, 1.165) is 16.7 Å². The summed E-state index contributed by atoms with van der Waals surface area (Å²) in [6.07, 6.45) is -1.05. The lowest BCUT2D eigenvalue weighted by atomic mass is 10.0. The highest BCUT2D eigenvalue weighted by molar-refractivity contribution is 7.99. The van der Waals surface area contributed by atoms with Crippen molar-refractivity contribution in [1.82, 2.24) is 9.80 Å². The maximum Gasteiger partial charge on any atom is 0.408 e. The van der Waals surface area contributed by atoms with Gasteiger partial charge in [-0.1, -0.05) is 36.4 Å². The molecule has 0 bridgehead atoms. The minimum atomic E-state index is -1.05. The van der Waals surface area contributed by atoms with Crippen molar-refractivity contribution in [2.24, 2.45) is 0 Å². The van der Waals surface area contributed by atoms with Gasteiger partial charge in [0.1, 0.15) is 6.04 Å². The van der Waals surface area contributed by atoms with Gasteiger partial charge in [-0.2, -0.15) is 11.8 Å².